The lowest BCUT2D eigenvalue weighted by Gasteiger charge is -2.22. The van der Waals surface area contributed by atoms with Gasteiger partial charge in [0.15, 0.2) is 0 Å². The Balaban J connectivity index is 1.63. The second kappa shape index (κ2) is 8.77. The standard InChI is InChI=1S/C19H26N6O2/c1-3-20-19(27)17-10-16(12-24(17)11-15-6-4-5-8-21-15)23-18(26)13-25-14(2)7-9-22-25/h4-9,16-17H,3,10-13H2,1-2H3,(H,20,27)(H,23,26)/t16-,17+/m1/s1. The lowest BCUT2D eigenvalue weighted by Crippen LogP contribution is -2.42. The second-order valence-electron chi connectivity index (χ2n) is 6.79. The molecule has 2 aromatic rings. The molecule has 2 amide bonds. The molecule has 0 spiro atoms. The molecule has 0 radical (unpaired) electrons. The predicted octanol–water partition coefficient (Wildman–Crippen LogP) is 0.482. The van der Waals surface area contributed by atoms with Gasteiger partial charge in [0.25, 0.3) is 0 Å². The van der Waals surface area contributed by atoms with Gasteiger partial charge < -0.3 is 10.6 Å². The Kier molecular flexibility index (Phi) is 6.18. The highest BCUT2D eigenvalue weighted by Crippen LogP contribution is 2.20. The molecule has 0 bridgehead atoms. The van der Waals surface area contributed by atoms with Gasteiger partial charge in [-0.15, -0.1) is 0 Å². The topological polar surface area (TPSA) is 92.2 Å². The number of nitrogens with one attached hydrogen (secondary N) is 2. The van der Waals surface area contributed by atoms with Gasteiger partial charge in [0.05, 0.1) is 11.7 Å². The van der Waals surface area contributed by atoms with Gasteiger partial charge in [-0.05, 0) is 38.5 Å². The molecule has 2 aromatic heterocycles. The normalized spacial score (nSPS) is 19.8. The van der Waals surface area contributed by atoms with Gasteiger partial charge >= 0.3 is 0 Å². The van der Waals surface area contributed by atoms with E-state index in [1.807, 2.05) is 38.1 Å². The minimum absolute atomic E-state index is 0.00639. The van der Waals surface area contributed by atoms with E-state index in [0.29, 0.717) is 26.1 Å². The van der Waals surface area contributed by atoms with E-state index in [0.717, 1.165) is 11.4 Å². The van der Waals surface area contributed by atoms with Crippen LogP contribution in [0.2, 0.25) is 0 Å². The maximum atomic E-state index is 12.5. The highest BCUT2D eigenvalue weighted by atomic mass is 16.2. The second-order valence-corrected chi connectivity index (χ2v) is 6.79. The Morgan fingerprint density at radius 1 is 1.26 bits per heavy atom. The summed E-state index contributed by atoms with van der Waals surface area (Å²) in [5, 5.41) is 10.1. The third-order valence-corrected chi connectivity index (χ3v) is 4.74. The Bertz CT molecular complexity index is 776. The number of hydrogen-bond donors (Lipinski definition) is 2. The molecule has 3 heterocycles. The third-order valence-electron chi connectivity index (χ3n) is 4.74. The van der Waals surface area contributed by atoms with Gasteiger partial charge in [-0.25, -0.2) is 0 Å². The van der Waals surface area contributed by atoms with E-state index in [-0.39, 0.29) is 30.4 Å². The summed E-state index contributed by atoms with van der Waals surface area (Å²) < 4.78 is 1.66. The van der Waals surface area contributed by atoms with Gasteiger partial charge in [0.1, 0.15) is 6.54 Å². The monoisotopic (exact) mass is 370 g/mol. The van der Waals surface area contributed by atoms with Gasteiger partial charge in [-0.1, -0.05) is 6.07 Å². The highest BCUT2D eigenvalue weighted by molar-refractivity contribution is 5.82. The van der Waals surface area contributed by atoms with Crippen LogP contribution in [0.4, 0.5) is 0 Å². The van der Waals surface area contributed by atoms with Gasteiger partial charge in [-0.2, -0.15) is 5.10 Å². The van der Waals surface area contributed by atoms with Crippen LogP contribution in [0.3, 0.4) is 0 Å². The number of pyridine rings is 1. The summed E-state index contributed by atoms with van der Waals surface area (Å²) in [7, 11) is 0. The molecule has 8 heteroatoms. The van der Waals surface area contributed by atoms with Crippen LogP contribution in [0.15, 0.2) is 36.7 Å². The lowest BCUT2D eigenvalue weighted by molar-refractivity contribution is -0.126. The predicted molar refractivity (Wildman–Crippen MR) is 101 cm³/mol. The Labute approximate surface area is 159 Å². The molecule has 2 N–H and O–H groups in total. The zero-order valence-electron chi connectivity index (χ0n) is 15.8. The quantitative estimate of drug-likeness (QED) is 0.740. The van der Waals surface area contributed by atoms with Crippen molar-refractivity contribution in [2.24, 2.45) is 0 Å². The Hall–Kier alpha value is -2.74. The summed E-state index contributed by atoms with van der Waals surface area (Å²) >= 11 is 0. The van der Waals surface area contributed by atoms with E-state index in [1.165, 1.54) is 0 Å². The van der Waals surface area contributed by atoms with Crippen LogP contribution < -0.4 is 10.6 Å². The van der Waals surface area contributed by atoms with Crippen LogP contribution in [0, 0.1) is 6.92 Å². The number of likely N-dealkylation sites (N-methyl/N-ethyl adjacent to an activating group) is 1. The summed E-state index contributed by atoms with van der Waals surface area (Å²) in [6.45, 7) is 5.77. The molecule has 144 valence electrons. The van der Waals surface area contributed by atoms with Crippen molar-refractivity contribution < 1.29 is 9.59 Å². The molecule has 1 aliphatic rings. The first kappa shape index (κ1) is 19.0. The summed E-state index contributed by atoms with van der Waals surface area (Å²) in [6, 6.07) is 7.26. The fourth-order valence-electron chi connectivity index (χ4n) is 3.42. The molecule has 27 heavy (non-hydrogen) atoms. The fraction of sp³-hybridized carbons (Fsp3) is 0.474. The summed E-state index contributed by atoms with van der Waals surface area (Å²) in [5.74, 6) is -0.103. The van der Waals surface area contributed by atoms with Crippen LogP contribution in [0.5, 0.6) is 0 Å². The summed E-state index contributed by atoms with van der Waals surface area (Å²) in [4.78, 5) is 31.3. The number of amides is 2. The first-order chi connectivity index (χ1) is 13.1. The molecule has 2 atom stereocenters. The van der Waals surface area contributed by atoms with Crippen molar-refractivity contribution in [1.29, 1.82) is 0 Å². The molecule has 3 rings (SSSR count). The number of nitrogens with zero attached hydrogens (tertiary/aromatic N) is 4. The number of carbonyl (C=O) groups excluding carboxylic acids is 2. The Morgan fingerprint density at radius 2 is 2.11 bits per heavy atom. The minimum Gasteiger partial charge on any atom is -0.355 e. The average molecular weight is 370 g/mol. The molecular formula is C19H26N6O2. The number of likely N-dealkylation sites (tertiary alicyclic amines) is 1. The van der Waals surface area contributed by atoms with Crippen molar-refractivity contribution in [3.8, 4) is 0 Å². The molecule has 0 aliphatic carbocycles. The van der Waals surface area contributed by atoms with Crippen molar-refractivity contribution in [1.82, 2.24) is 30.3 Å². The highest BCUT2D eigenvalue weighted by Gasteiger charge is 2.37. The molecule has 0 saturated carbocycles. The first-order valence-electron chi connectivity index (χ1n) is 9.26. The molecule has 1 fully saturated rings. The van der Waals surface area contributed by atoms with Crippen molar-refractivity contribution in [3.05, 3.63) is 48.0 Å². The fourth-order valence-corrected chi connectivity index (χ4v) is 3.42. The zero-order valence-corrected chi connectivity index (χ0v) is 15.8. The SMILES string of the molecule is CCNC(=O)[C@@H]1C[C@@H](NC(=O)Cn2nccc2C)CN1Cc1ccccn1. The van der Waals surface area contributed by atoms with Gasteiger partial charge in [0.2, 0.25) is 11.8 Å². The van der Waals surface area contributed by atoms with Gasteiger partial charge in [0, 0.05) is 43.8 Å². The summed E-state index contributed by atoms with van der Waals surface area (Å²) in [5.41, 5.74) is 1.85. The van der Waals surface area contributed by atoms with Crippen LogP contribution in [-0.4, -0.2) is 56.7 Å². The van der Waals surface area contributed by atoms with E-state index in [4.69, 9.17) is 0 Å². The van der Waals surface area contributed by atoms with E-state index in [1.54, 1.807) is 17.1 Å². The van der Waals surface area contributed by atoms with Crippen molar-refractivity contribution in [2.45, 2.75) is 45.4 Å². The minimum atomic E-state index is -0.274. The number of aromatic nitrogens is 3. The number of aryl methyl sites for hydroxylation is 1. The summed E-state index contributed by atoms with van der Waals surface area (Å²) in [6.07, 6.45) is 4.01. The zero-order chi connectivity index (χ0) is 19.2. The lowest BCUT2D eigenvalue weighted by atomic mass is 10.1. The molecule has 0 unspecified atom stereocenters. The van der Waals surface area contributed by atoms with Crippen molar-refractivity contribution in [2.75, 3.05) is 13.1 Å². The molecular weight excluding hydrogens is 344 g/mol. The van der Waals surface area contributed by atoms with Crippen molar-refractivity contribution >= 4 is 11.8 Å². The van der Waals surface area contributed by atoms with E-state index in [9.17, 15) is 9.59 Å². The molecule has 0 aromatic carbocycles. The average Bonchev–Trinajstić information content (AvgIpc) is 3.22. The van der Waals surface area contributed by atoms with E-state index < -0.39 is 0 Å². The van der Waals surface area contributed by atoms with Gasteiger partial charge in [-0.3, -0.25) is 24.2 Å². The number of hydrogen-bond acceptors (Lipinski definition) is 5. The largest absolute Gasteiger partial charge is 0.355 e. The number of carbonyl (C=O) groups is 2. The van der Waals surface area contributed by atoms with Crippen molar-refractivity contribution in [3.63, 3.8) is 0 Å². The molecule has 8 nitrogen and oxygen atoms in total. The third kappa shape index (κ3) is 4.91. The maximum absolute atomic E-state index is 12.5. The van der Waals surface area contributed by atoms with Crippen LogP contribution in [0.1, 0.15) is 24.7 Å². The number of rotatable bonds is 7. The van der Waals surface area contributed by atoms with Crippen LogP contribution in [-0.2, 0) is 22.7 Å². The molecule has 1 aliphatic heterocycles. The van der Waals surface area contributed by atoms with Crippen LogP contribution in [0.25, 0.3) is 0 Å². The smallest absolute Gasteiger partial charge is 0.242 e. The van der Waals surface area contributed by atoms with Crippen LogP contribution >= 0.6 is 0 Å². The Morgan fingerprint density at radius 3 is 2.78 bits per heavy atom. The van der Waals surface area contributed by atoms with E-state index in [2.05, 4.69) is 25.6 Å². The van der Waals surface area contributed by atoms with E-state index >= 15 is 0 Å². The first-order valence-corrected chi connectivity index (χ1v) is 9.26. The maximum Gasteiger partial charge on any atom is 0.242 e. The molecule has 1 saturated heterocycles.